The van der Waals surface area contributed by atoms with Crippen LogP contribution >= 0.6 is 11.6 Å². The first-order valence-corrected chi connectivity index (χ1v) is 9.61. The second kappa shape index (κ2) is 8.29. The number of nitrogens with zero attached hydrogens (tertiary/aromatic N) is 3. The minimum atomic E-state index is -0.323. The van der Waals surface area contributed by atoms with Crippen molar-refractivity contribution in [1.82, 2.24) is 20.1 Å². The van der Waals surface area contributed by atoms with E-state index >= 15 is 0 Å². The first-order chi connectivity index (χ1) is 14.1. The van der Waals surface area contributed by atoms with Crippen molar-refractivity contribution in [1.29, 1.82) is 0 Å². The average molecular weight is 403 g/mol. The fourth-order valence-corrected chi connectivity index (χ4v) is 3.15. The van der Waals surface area contributed by atoms with Crippen LogP contribution in [0.1, 0.15) is 21.7 Å². The lowest BCUT2D eigenvalue weighted by molar-refractivity contribution is 0.0940. The molecule has 0 aliphatic heterocycles. The van der Waals surface area contributed by atoms with Crippen molar-refractivity contribution < 1.29 is 4.79 Å². The molecule has 0 saturated heterocycles. The largest absolute Gasteiger partial charge is 0.345 e. The Labute approximate surface area is 174 Å². The van der Waals surface area contributed by atoms with E-state index in [1.165, 1.54) is 0 Å². The van der Waals surface area contributed by atoms with Gasteiger partial charge in [-0.15, -0.1) is 5.10 Å². The van der Waals surface area contributed by atoms with Crippen LogP contribution in [0.4, 0.5) is 0 Å². The third-order valence-electron chi connectivity index (χ3n) is 4.55. The predicted octanol–water partition coefficient (Wildman–Crippen LogP) is 4.83. The minimum absolute atomic E-state index is 0.120. The summed E-state index contributed by atoms with van der Waals surface area (Å²) in [6, 6.07) is 24.9. The molecule has 0 aliphatic carbocycles. The van der Waals surface area contributed by atoms with Crippen molar-refractivity contribution in [3.63, 3.8) is 0 Å². The van der Waals surface area contributed by atoms with Crippen LogP contribution < -0.4 is 5.32 Å². The average Bonchev–Trinajstić information content (AvgIpc) is 3.19. The Kier molecular flexibility index (Phi) is 5.40. The number of aromatic nitrogens is 3. The number of carbonyl (C=O) groups excluding carboxylic acids is 1. The van der Waals surface area contributed by atoms with E-state index in [1.54, 1.807) is 16.8 Å². The molecule has 5 nitrogen and oxygen atoms in total. The molecule has 0 fully saturated rings. The standard InChI is InChI=1S/C23H19ClN4O/c1-16-7-5-6-10-20(16)28-22(18-11-13-19(24)14-12-18)26-21(27-28)23(29)25-15-17-8-3-2-4-9-17/h2-14H,15H2,1H3,(H,25,29). The molecular weight excluding hydrogens is 384 g/mol. The molecule has 1 amide bonds. The highest BCUT2D eigenvalue weighted by Gasteiger charge is 2.19. The number of nitrogens with one attached hydrogen (secondary N) is 1. The Morgan fingerprint density at radius 3 is 2.38 bits per heavy atom. The van der Waals surface area contributed by atoms with Gasteiger partial charge in [0.1, 0.15) is 0 Å². The lowest BCUT2D eigenvalue weighted by atomic mass is 10.2. The predicted molar refractivity (Wildman–Crippen MR) is 114 cm³/mol. The Bertz CT molecular complexity index is 1140. The van der Waals surface area contributed by atoms with Crippen LogP contribution in [-0.4, -0.2) is 20.7 Å². The topological polar surface area (TPSA) is 59.8 Å². The van der Waals surface area contributed by atoms with Crippen molar-refractivity contribution in [2.24, 2.45) is 0 Å². The highest BCUT2D eigenvalue weighted by atomic mass is 35.5. The normalized spacial score (nSPS) is 10.7. The maximum absolute atomic E-state index is 12.7. The van der Waals surface area contributed by atoms with Crippen LogP contribution in [0.3, 0.4) is 0 Å². The maximum Gasteiger partial charge on any atom is 0.291 e. The molecular formula is C23H19ClN4O. The zero-order chi connectivity index (χ0) is 20.2. The molecule has 1 N–H and O–H groups in total. The summed E-state index contributed by atoms with van der Waals surface area (Å²) in [4.78, 5) is 17.3. The van der Waals surface area contributed by atoms with Gasteiger partial charge in [-0.2, -0.15) is 0 Å². The SMILES string of the molecule is Cc1ccccc1-n1nc(C(=O)NCc2ccccc2)nc1-c1ccc(Cl)cc1. The molecule has 3 aromatic carbocycles. The number of carbonyl (C=O) groups is 1. The molecule has 0 unspecified atom stereocenters. The summed E-state index contributed by atoms with van der Waals surface area (Å²) in [7, 11) is 0. The molecule has 0 radical (unpaired) electrons. The van der Waals surface area contributed by atoms with Gasteiger partial charge in [0.05, 0.1) is 5.69 Å². The molecule has 1 aromatic heterocycles. The molecule has 0 spiro atoms. The number of halogens is 1. The quantitative estimate of drug-likeness (QED) is 0.520. The zero-order valence-electron chi connectivity index (χ0n) is 15.8. The number of hydrogen-bond acceptors (Lipinski definition) is 3. The fourth-order valence-electron chi connectivity index (χ4n) is 3.02. The van der Waals surface area contributed by atoms with Gasteiger partial charge < -0.3 is 5.32 Å². The Hall–Kier alpha value is -3.44. The smallest absolute Gasteiger partial charge is 0.291 e. The van der Waals surface area contributed by atoms with E-state index in [9.17, 15) is 4.79 Å². The summed E-state index contributed by atoms with van der Waals surface area (Å²) in [6.45, 7) is 2.41. The molecule has 0 bridgehead atoms. The first kappa shape index (κ1) is 18.9. The molecule has 0 aliphatic rings. The van der Waals surface area contributed by atoms with E-state index < -0.39 is 0 Å². The van der Waals surface area contributed by atoms with Gasteiger partial charge in [-0.05, 0) is 48.4 Å². The number of para-hydroxylation sites is 1. The highest BCUT2D eigenvalue weighted by Crippen LogP contribution is 2.24. The first-order valence-electron chi connectivity index (χ1n) is 9.23. The lowest BCUT2D eigenvalue weighted by Gasteiger charge is -2.08. The van der Waals surface area contributed by atoms with Gasteiger partial charge in [-0.1, -0.05) is 60.1 Å². The molecule has 0 atom stereocenters. The third kappa shape index (κ3) is 4.20. The highest BCUT2D eigenvalue weighted by molar-refractivity contribution is 6.30. The van der Waals surface area contributed by atoms with Crippen LogP contribution in [0.25, 0.3) is 17.1 Å². The molecule has 4 aromatic rings. The third-order valence-corrected chi connectivity index (χ3v) is 4.80. The van der Waals surface area contributed by atoms with E-state index in [-0.39, 0.29) is 11.7 Å². The summed E-state index contributed by atoms with van der Waals surface area (Å²) in [5, 5.41) is 8.03. The van der Waals surface area contributed by atoms with Crippen LogP contribution in [0.15, 0.2) is 78.9 Å². The van der Waals surface area contributed by atoms with E-state index in [2.05, 4.69) is 15.4 Å². The molecule has 29 heavy (non-hydrogen) atoms. The van der Waals surface area contributed by atoms with Gasteiger partial charge in [-0.3, -0.25) is 4.79 Å². The van der Waals surface area contributed by atoms with Crippen molar-refractivity contribution >= 4 is 17.5 Å². The van der Waals surface area contributed by atoms with Gasteiger partial charge >= 0.3 is 0 Å². The Morgan fingerprint density at radius 2 is 1.66 bits per heavy atom. The van der Waals surface area contributed by atoms with Gasteiger partial charge in [0.25, 0.3) is 5.91 Å². The van der Waals surface area contributed by atoms with E-state index in [0.29, 0.717) is 17.4 Å². The van der Waals surface area contributed by atoms with Gasteiger partial charge in [0.2, 0.25) is 5.82 Å². The lowest BCUT2D eigenvalue weighted by Crippen LogP contribution is -2.24. The van der Waals surface area contributed by atoms with Crippen molar-refractivity contribution in [3.05, 3.63) is 101 Å². The van der Waals surface area contributed by atoms with Crippen molar-refractivity contribution in [2.45, 2.75) is 13.5 Å². The molecule has 1 heterocycles. The monoisotopic (exact) mass is 402 g/mol. The second-order valence-corrected chi connectivity index (χ2v) is 7.07. The molecule has 6 heteroatoms. The molecule has 144 valence electrons. The minimum Gasteiger partial charge on any atom is -0.345 e. The van der Waals surface area contributed by atoms with E-state index in [1.807, 2.05) is 73.7 Å². The Morgan fingerprint density at radius 1 is 0.966 bits per heavy atom. The summed E-state index contributed by atoms with van der Waals surface area (Å²) in [6.07, 6.45) is 0. The zero-order valence-corrected chi connectivity index (χ0v) is 16.6. The Balaban J connectivity index is 1.70. The van der Waals surface area contributed by atoms with Gasteiger partial charge in [0, 0.05) is 17.1 Å². The number of amides is 1. The van der Waals surface area contributed by atoms with Crippen LogP contribution in [-0.2, 0) is 6.54 Å². The number of benzene rings is 3. The number of hydrogen-bond donors (Lipinski definition) is 1. The number of aryl methyl sites for hydroxylation is 1. The molecule has 4 rings (SSSR count). The van der Waals surface area contributed by atoms with Gasteiger partial charge in [0.15, 0.2) is 5.82 Å². The fraction of sp³-hybridized carbons (Fsp3) is 0.0870. The molecule has 0 saturated carbocycles. The van der Waals surface area contributed by atoms with Crippen LogP contribution in [0.5, 0.6) is 0 Å². The van der Waals surface area contributed by atoms with Crippen LogP contribution in [0, 0.1) is 6.92 Å². The summed E-state index contributed by atoms with van der Waals surface area (Å²) in [5.74, 6) is 0.381. The summed E-state index contributed by atoms with van der Waals surface area (Å²) < 4.78 is 1.70. The van der Waals surface area contributed by atoms with Crippen molar-refractivity contribution in [3.8, 4) is 17.1 Å². The number of rotatable bonds is 5. The second-order valence-electron chi connectivity index (χ2n) is 6.63. The van der Waals surface area contributed by atoms with E-state index in [4.69, 9.17) is 11.6 Å². The van der Waals surface area contributed by atoms with Crippen molar-refractivity contribution in [2.75, 3.05) is 0 Å². The van der Waals surface area contributed by atoms with Crippen LogP contribution in [0.2, 0.25) is 5.02 Å². The van der Waals surface area contributed by atoms with E-state index in [0.717, 1.165) is 22.4 Å². The summed E-state index contributed by atoms with van der Waals surface area (Å²) in [5.41, 5.74) is 3.74. The van der Waals surface area contributed by atoms with Gasteiger partial charge in [-0.25, -0.2) is 9.67 Å². The summed E-state index contributed by atoms with van der Waals surface area (Å²) >= 11 is 6.03. The maximum atomic E-state index is 12.7.